The van der Waals surface area contributed by atoms with E-state index in [2.05, 4.69) is 42.0 Å². The Hall–Kier alpha value is -4.10. The lowest BCUT2D eigenvalue weighted by atomic mass is 10.1. The van der Waals surface area contributed by atoms with Crippen LogP contribution in [0, 0.1) is 18.2 Å². The van der Waals surface area contributed by atoms with Gasteiger partial charge in [0.05, 0.1) is 18.5 Å². The minimum atomic E-state index is -0.691. The van der Waals surface area contributed by atoms with Gasteiger partial charge in [0.15, 0.2) is 11.6 Å². The minimum absolute atomic E-state index is 0.0653. The molecular weight excluding hydrogens is 452 g/mol. The maximum absolute atomic E-state index is 15.0. The number of piperazine rings is 1. The average Bonchev–Trinajstić information content (AvgIpc) is 3.26. The third-order valence-electron chi connectivity index (χ3n) is 6.14. The molecule has 3 heterocycles. The second-order valence-corrected chi connectivity index (χ2v) is 8.64. The van der Waals surface area contributed by atoms with E-state index in [1.165, 1.54) is 6.33 Å². The second kappa shape index (κ2) is 9.27. The third-order valence-corrected chi connectivity index (χ3v) is 6.14. The van der Waals surface area contributed by atoms with E-state index in [0.717, 1.165) is 43.5 Å². The van der Waals surface area contributed by atoms with Crippen LogP contribution < -0.4 is 15.0 Å². The van der Waals surface area contributed by atoms with Gasteiger partial charge in [-0.1, -0.05) is 11.6 Å². The zero-order valence-electron chi connectivity index (χ0n) is 19.3. The predicted molar refractivity (Wildman–Crippen MR) is 129 cm³/mol. The van der Waals surface area contributed by atoms with Crippen LogP contribution in [0.5, 0.6) is 11.6 Å². The van der Waals surface area contributed by atoms with E-state index in [-0.39, 0.29) is 28.7 Å². The first-order valence-electron chi connectivity index (χ1n) is 11.2. The van der Waals surface area contributed by atoms with Crippen molar-refractivity contribution in [1.82, 2.24) is 19.9 Å². The largest absolute Gasteiger partial charge is 0.446 e. The van der Waals surface area contributed by atoms with Crippen molar-refractivity contribution in [3.63, 3.8) is 0 Å². The average molecular weight is 476 g/mol. The van der Waals surface area contributed by atoms with Crippen LogP contribution in [-0.2, 0) is 6.42 Å². The van der Waals surface area contributed by atoms with E-state index in [9.17, 15) is 4.39 Å². The molecule has 2 aliphatic rings. The molecule has 1 aliphatic heterocycles. The Balaban J connectivity index is 1.38. The number of anilines is 3. The molecule has 35 heavy (non-hydrogen) atoms. The van der Waals surface area contributed by atoms with Crippen LogP contribution in [0.15, 0.2) is 36.3 Å². The molecule has 10 heteroatoms. The molecule has 2 aromatic heterocycles. The van der Waals surface area contributed by atoms with Crippen molar-refractivity contribution < 1.29 is 13.5 Å². The fourth-order valence-corrected chi connectivity index (χ4v) is 4.21. The summed E-state index contributed by atoms with van der Waals surface area (Å²) in [5.41, 5.74) is 2.27. The first-order valence-corrected chi connectivity index (χ1v) is 11.2. The molecule has 0 saturated carbocycles. The Labute approximate surface area is 201 Å². The highest BCUT2D eigenvalue weighted by Gasteiger charge is 2.24. The van der Waals surface area contributed by atoms with Crippen LogP contribution in [0.1, 0.15) is 18.1 Å². The molecule has 0 spiro atoms. The number of ether oxygens (including phenoxy) is 1. The highest BCUT2D eigenvalue weighted by Crippen LogP contribution is 2.40. The molecule has 5 rings (SSSR count). The van der Waals surface area contributed by atoms with Gasteiger partial charge < -0.3 is 19.9 Å². The zero-order chi connectivity index (χ0) is 24.5. The molecule has 0 unspecified atom stereocenters. The fourth-order valence-electron chi connectivity index (χ4n) is 4.21. The molecule has 0 amide bonds. The molecule has 178 valence electrons. The van der Waals surface area contributed by atoms with Gasteiger partial charge >= 0.3 is 0 Å². The standard InChI is InChI=1S/C25H23F2N7O/c1-15-10-17-18(11-15)22(27)20(12-19(17)26)35-25-23(28-2)24(30-14-31-25)32-21-5-4-16(13-29-21)34-8-6-33(3)7-9-34/h4-5,11-14H,6-10H2,1,3H3,(H,29,30,31,32). The summed E-state index contributed by atoms with van der Waals surface area (Å²) in [6.45, 7) is 13.2. The lowest BCUT2D eigenvalue weighted by molar-refractivity contribution is 0.313. The van der Waals surface area contributed by atoms with Crippen molar-refractivity contribution in [3.8, 4) is 11.6 Å². The van der Waals surface area contributed by atoms with E-state index in [4.69, 9.17) is 11.3 Å². The molecule has 1 aromatic carbocycles. The highest BCUT2D eigenvalue weighted by atomic mass is 19.1. The quantitative estimate of drug-likeness (QED) is 0.524. The van der Waals surface area contributed by atoms with Crippen molar-refractivity contribution in [3.05, 3.63) is 70.5 Å². The number of nitrogens with one attached hydrogen (secondary N) is 1. The number of rotatable bonds is 5. The van der Waals surface area contributed by atoms with Gasteiger partial charge in [-0.25, -0.2) is 28.6 Å². The van der Waals surface area contributed by atoms with E-state index in [1.807, 2.05) is 13.0 Å². The van der Waals surface area contributed by atoms with Gasteiger partial charge in [0.1, 0.15) is 23.8 Å². The zero-order valence-corrected chi connectivity index (χ0v) is 19.3. The smallest absolute Gasteiger partial charge is 0.288 e. The van der Waals surface area contributed by atoms with Crippen LogP contribution in [0.4, 0.5) is 31.8 Å². The number of hydrogen-bond acceptors (Lipinski definition) is 7. The fraction of sp³-hybridized carbons (Fsp3) is 0.280. The van der Waals surface area contributed by atoms with Gasteiger partial charge in [-0.3, -0.25) is 0 Å². The predicted octanol–water partition coefficient (Wildman–Crippen LogP) is 4.95. The highest BCUT2D eigenvalue weighted by molar-refractivity contribution is 5.75. The summed E-state index contributed by atoms with van der Waals surface area (Å²) in [5, 5.41) is 3.00. The summed E-state index contributed by atoms with van der Waals surface area (Å²) in [5.74, 6) is -1.13. The number of nitrogens with zero attached hydrogens (tertiary/aromatic N) is 6. The Bertz CT molecular complexity index is 1340. The van der Waals surface area contributed by atoms with Gasteiger partial charge in [-0.05, 0) is 32.5 Å². The van der Waals surface area contributed by atoms with Crippen LogP contribution in [0.2, 0.25) is 0 Å². The van der Waals surface area contributed by atoms with Crippen molar-refractivity contribution >= 4 is 29.1 Å². The Morgan fingerprint density at radius 3 is 2.63 bits per heavy atom. The molecule has 1 aliphatic carbocycles. The molecule has 0 atom stereocenters. The second-order valence-electron chi connectivity index (χ2n) is 8.64. The summed E-state index contributed by atoms with van der Waals surface area (Å²) in [6, 6.07) is 4.74. The third kappa shape index (κ3) is 4.50. The lowest BCUT2D eigenvalue weighted by Gasteiger charge is -2.33. The Morgan fingerprint density at radius 2 is 1.91 bits per heavy atom. The van der Waals surface area contributed by atoms with Crippen LogP contribution in [-0.4, -0.2) is 53.1 Å². The van der Waals surface area contributed by atoms with E-state index in [0.29, 0.717) is 17.8 Å². The van der Waals surface area contributed by atoms with Gasteiger partial charge in [0.25, 0.3) is 5.69 Å². The molecular formula is C25H23F2N7O. The lowest BCUT2D eigenvalue weighted by Crippen LogP contribution is -2.44. The van der Waals surface area contributed by atoms with Gasteiger partial charge in [-0.15, -0.1) is 0 Å². The monoisotopic (exact) mass is 475 g/mol. The molecule has 8 nitrogen and oxygen atoms in total. The number of hydrogen-bond donors (Lipinski definition) is 1. The van der Waals surface area contributed by atoms with Crippen LogP contribution in [0.3, 0.4) is 0 Å². The number of fused-ring (bicyclic) bond motifs is 1. The summed E-state index contributed by atoms with van der Waals surface area (Å²) >= 11 is 0. The maximum Gasteiger partial charge on any atom is 0.288 e. The maximum atomic E-state index is 15.0. The number of likely N-dealkylation sites (N-methyl/N-ethyl adjacent to an activating group) is 1. The van der Waals surface area contributed by atoms with Gasteiger partial charge in [0, 0.05) is 43.4 Å². The van der Waals surface area contributed by atoms with Crippen molar-refractivity contribution in [1.29, 1.82) is 0 Å². The minimum Gasteiger partial charge on any atom is -0.446 e. The summed E-state index contributed by atoms with van der Waals surface area (Å²) < 4.78 is 35.1. The van der Waals surface area contributed by atoms with Crippen molar-refractivity contribution in [2.45, 2.75) is 13.3 Å². The van der Waals surface area contributed by atoms with Gasteiger partial charge in [-0.2, -0.15) is 0 Å². The molecule has 0 radical (unpaired) electrons. The van der Waals surface area contributed by atoms with E-state index in [1.54, 1.807) is 18.3 Å². The molecule has 1 saturated heterocycles. The summed E-state index contributed by atoms with van der Waals surface area (Å²) in [6.07, 6.45) is 4.91. The molecule has 0 bridgehead atoms. The topological polar surface area (TPSA) is 70.8 Å². The first-order chi connectivity index (χ1) is 16.9. The summed E-state index contributed by atoms with van der Waals surface area (Å²) in [7, 11) is 2.10. The number of pyridine rings is 1. The SMILES string of the molecule is [C-]#[N+]c1c(Nc2ccc(N3CCN(C)CC3)cn2)ncnc1Oc1cc(F)c2c(c1F)C=C(C)C2. The van der Waals surface area contributed by atoms with Crippen LogP contribution >= 0.6 is 0 Å². The molecule has 1 fully saturated rings. The molecule has 1 N–H and O–H groups in total. The van der Waals surface area contributed by atoms with Crippen molar-refractivity contribution in [2.75, 3.05) is 43.4 Å². The summed E-state index contributed by atoms with van der Waals surface area (Å²) in [4.78, 5) is 20.6. The Kier molecular flexibility index (Phi) is 6.01. The van der Waals surface area contributed by atoms with Crippen molar-refractivity contribution in [2.24, 2.45) is 0 Å². The van der Waals surface area contributed by atoms with E-state index < -0.39 is 11.6 Å². The Morgan fingerprint density at radius 1 is 1.11 bits per heavy atom. The van der Waals surface area contributed by atoms with Gasteiger partial charge in [0.2, 0.25) is 5.88 Å². The number of benzene rings is 1. The number of allylic oxidation sites excluding steroid dienone is 1. The first kappa shape index (κ1) is 22.7. The van der Waals surface area contributed by atoms with E-state index >= 15 is 4.39 Å². The van der Waals surface area contributed by atoms with Crippen LogP contribution in [0.25, 0.3) is 10.9 Å². The normalized spacial score (nSPS) is 15.4. The number of halogens is 2. The molecule has 3 aromatic rings. The number of aromatic nitrogens is 3.